The molecule has 21 heavy (non-hydrogen) atoms. The van der Waals surface area contributed by atoms with Crippen LogP contribution >= 0.6 is 15.9 Å². The molecule has 2 N–H and O–H groups in total. The maximum atomic E-state index is 12.9. The lowest BCUT2D eigenvalue weighted by molar-refractivity contribution is -0.139. The number of benzene rings is 1. The van der Waals surface area contributed by atoms with Crippen molar-refractivity contribution in [3.8, 4) is 0 Å². The fourth-order valence-corrected chi connectivity index (χ4v) is 3.35. The van der Waals surface area contributed by atoms with Gasteiger partial charge in [-0.05, 0) is 31.4 Å². The number of nitrogens with two attached hydrogens (primary N) is 1. The minimum Gasteiger partial charge on any atom is -0.379 e. The van der Waals surface area contributed by atoms with Crippen LogP contribution in [0.4, 0.5) is 0 Å². The molecule has 0 saturated carbocycles. The normalized spacial score (nSPS) is 23.0. The van der Waals surface area contributed by atoms with Crippen LogP contribution in [-0.2, 0) is 9.53 Å². The van der Waals surface area contributed by atoms with E-state index in [0.29, 0.717) is 26.2 Å². The number of halogens is 1. The highest BCUT2D eigenvalue weighted by Crippen LogP contribution is 2.30. The largest absolute Gasteiger partial charge is 0.379 e. The Morgan fingerprint density at radius 1 is 1.52 bits per heavy atom. The minimum atomic E-state index is -0.870. The first-order chi connectivity index (χ1) is 9.99. The highest BCUT2D eigenvalue weighted by atomic mass is 79.9. The van der Waals surface area contributed by atoms with Crippen molar-refractivity contribution in [1.29, 1.82) is 0 Å². The van der Waals surface area contributed by atoms with Gasteiger partial charge >= 0.3 is 0 Å². The lowest BCUT2D eigenvalue weighted by atomic mass is 9.96. The monoisotopic (exact) mass is 354 g/mol. The fraction of sp³-hybridized carbons (Fsp3) is 0.562. The number of hydrogen-bond donors (Lipinski definition) is 1. The number of ether oxygens (including phenoxy) is 1. The van der Waals surface area contributed by atoms with E-state index in [1.165, 1.54) is 0 Å². The average molecular weight is 355 g/mol. The number of nitrogens with zero attached hydrogens (tertiary/aromatic N) is 1. The summed E-state index contributed by atoms with van der Waals surface area (Å²) in [5, 5.41) is 0. The van der Waals surface area contributed by atoms with Crippen molar-refractivity contribution in [3.05, 3.63) is 34.3 Å². The van der Waals surface area contributed by atoms with Crippen LogP contribution in [0.25, 0.3) is 0 Å². The van der Waals surface area contributed by atoms with E-state index < -0.39 is 5.54 Å². The summed E-state index contributed by atoms with van der Waals surface area (Å²) < 4.78 is 6.35. The maximum Gasteiger partial charge on any atom is 0.245 e. The Bertz CT molecular complexity index is 501. The zero-order chi connectivity index (χ0) is 15.5. The van der Waals surface area contributed by atoms with Gasteiger partial charge in [0.2, 0.25) is 5.91 Å². The smallest absolute Gasteiger partial charge is 0.245 e. The Hall–Kier alpha value is -0.910. The molecule has 0 radical (unpaired) electrons. The standard InChI is InChI=1S/C16H23BrN2O2/c1-3-9-19(15(20)16(18)8-10-21-11-16)12(2)13-6-4-5-7-14(13)17/h4-7,12H,3,8-11,18H2,1-2H3. The highest BCUT2D eigenvalue weighted by Gasteiger charge is 2.42. The van der Waals surface area contributed by atoms with Gasteiger partial charge in [0.05, 0.1) is 12.6 Å². The van der Waals surface area contributed by atoms with Crippen LogP contribution < -0.4 is 5.73 Å². The van der Waals surface area contributed by atoms with Crippen molar-refractivity contribution < 1.29 is 9.53 Å². The van der Waals surface area contributed by atoms with Crippen LogP contribution in [0.2, 0.25) is 0 Å². The fourth-order valence-electron chi connectivity index (χ4n) is 2.73. The summed E-state index contributed by atoms with van der Waals surface area (Å²) in [6.07, 6.45) is 1.49. The minimum absolute atomic E-state index is 0.00916. The van der Waals surface area contributed by atoms with Crippen molar-refractivity contribution in [2.45, 2.75) is 38.3 Å². The second-order valence-electron chi connectivity index (χ2n) is 5.65. The van der Waals surface area contributed by atoms with Gasteiger partial charge in [0.25, 0.3) is 0 Å². The van der Waals surface area contributed by atoms with E-state index in [1.54, 1.807) is 0 Å². The molecule has 2 atom stereocenters. The predicted octanol–water partition coefficient (Wildman–Crippen LogP) is 2.87. The van der Waals surface area contributed by atoms with Crippen LogP contribution in [0.1, 0.15) is 38.3 Å². The summed E-state index contributed by atoms with van der Waals surface area (Å²) >= 11 is 3.57. The zero-order valence-electron chi connectivity index (χ0n) is 12.6. The molecule has 1 aliphatic heterocycles. The Kier molecular flexibility index (Phi) is 5.41. The van der Waals surface area contributed by atoms with Gasteiger partial charge in [0, 0.05) is 17.6 Å². The molecule has 1 fully saturated rings. The molecule has 0 spiro atoms. The van der Waals surface area contributed by atoms with E-state index >= 15 is 0 Å². The molecule has 1 heterocycles. The molecule has 5 heteroatoms. The average Bonchev–Trinajstić information content (AvgIpc) is 2.92. The van der Waals surface area contributed by atoms with Gasteiger partial charge in [-0.25, -0.2) is 0 Å². The van der Waals surface area contributed by atoms with Crippen LogP contribution in [-0.4, -0.2) is 36.1 Å². The summed E-state index contributed by atoms with van der Waals surface area (Å²) in [7, 11) is 0. The quantitative estimate of drug-likeness (QED) is 0.884. The lowest BCUT2D eigenvalue weighted by Crippen LogP contribution is -2.56. The summed E-state index contributed by atoms with van der Waals surface area (Å²) in [6, 6.07) is 7.98. The van der Waals surface area contributed by atoms with E-state index in [2.05, 4.69) is 22.9 Å². The Balaban J connectivity index is 2.26. The highest BCUT2D eigenvalue weighted by molar-refractivity contribution is 9.10. The molecule has 0 aliphatic carbocycles. The Morgan fingerprint density at radius 2 is 2.24 bits per heavy atom. The molecule has 1 aromatic carbocycles. The molecule has 1 aromatic rings. The van der Waals surface area contributed by atoms with Gasteiger partial charge in [-0.15, -0.1) is 0 Å². The van der Waals surface area contributed by atoms with E-state index in [0.717, 1.165) is 16.5 Å². The van der Waals surface area contributed by atoms with Crippen molar-refractivity contribution >= 4 is 21.8 Å². The number of carbonyl (C=O) groups is 1. The van der Waals surface area contributed by atoms with Crippen LogP contribution in [0.15, 0.2) is 28.7 Å². The van der Waals surface area contributed by atoms with Gasteiger partial charge in [0.1, 0.15) is 5.54 Å². The second kappa shape index (κ2) is 6.90. The van der Waals surface area contributed by atoms with Crippen molar-refractivity contribution in [3.63, 3.8) is 0 Å². The third kappa shape index (κ3) is 3.47. The predicted molar refractivity (Wildman–Crippen MR) is 86.9 cm³/mol. The summed E-state index contributed by atoms with van der Waals surface area (Å²) in [4.78, 5) is 14.8. The molecule has 116 valence electrons. The SMILES string of the molecule is CCCN(C(=O)C1(N)CCOC1)C(C)c1ccccc1Br. The first-order valence-electron chi connectivity index (χ1n) is 7.41. The number of rotatable bonds is 5. The Morgan fingerprint density at radius 3 is 2.81 bits per heavy atom. The van der Waals surface area contributed by atoms with Gasteiger partial charge in [0.15, 0.2) is 0 Å². The van der Waals surface area contributed by atoms with E-state index in [-0.39, 0.29) is 11.9 Å². The van der Waals surface area contributed by atoms with Gasteiger partial charge in [-0.3, -0.25) is 4.79 Å². The third-order valence-corrected chi connectivity index (χ3v) is 4.75. The van der Waals surface area contributed by atoms with Crippen molar-refractivity contribution in [2.75, 3.05) is 19.8 Å². The van der Waals surface area contributed by atoms with Crippen molar-refractivity contribution in [1.82, 2.24) is 4.90 Å². The van der Waals surface area contributed by atoms with Crippen molar-refractivity contribution in [2.24, 2.45) is 5.73 Å². The van der Waals surface area contributed by atoms with Gasteiger partial charge in [-0.1, -0.05) is 41.1 Å². The topological polar surface area (TPSA) is 55.6 Å². The second-order valence-corrected chi connectivity index (χ2v) is 6.51. The number of hydrogen-bond acceptors (Lipinski definition) is 3. The number of amides is 1. The van der Waals surface area contributed by atoms with Crippen LogP contribution in [0.5, 0.6) is 0 Å². The summed E-state index contributed by atoms with van der Waals surface area (Å²) in [5.74, 6) is -0.00916. The first kappa shape index (κ1) is 16.5. The van der Waals surface area contributed by atoms with Crippen LogP contribution in [0.3, 0.4) is 0 Å². The van der Waals surface area contributed by atoms with Gasteiger partial charge in [-0.2, -0.15) is 0 Å². The first-order valence-corrected chi connectivity index (χ1v) is 8.21. The molecule has 2 rings (SSSR count). The molecule has 2 unspecified atom stereocenters. The van der Waals surface area contributed by atoms with Gasteiger partial charge < -0.3 is 15.4 Å². The molecule has 1 aliphatic rings. The number of carbonyl (C=O) groups excluding carboxylic acids is 1. The molecular formula is C16H23BrN2O2. The van der Waals surface area contributed by atoms with E-state index in [4.69, 9.17) is 10.5 Å². The molecule has 1 saturated heterocycles. The molecule has 1 amide bonds. The Labute approximate surface area is 134 Å². The third-order valence-electron chi connectivity index (χ3n) is 4.03. The molecule has 4 nitrogen and oxygen atoms in total. The molecular weight excluding hydrogens is 332 g/mol. The summed E-state index contributed by atoms with van der Waals surface area (Å²) in [5.41, 5.74) is 6.49. The zero-order valence-corrected chi connectivity index (χ0v) is 14.2. The molecule has 0 aromatic heterocycles. The molecule has 0 bridgehead atoms. The van der Waals surface area contributed by atoms with E-state index in [9.17, 15) is 4.79 Å². The van der Waals surface area contributed by atoms with Crippen LogP contribution in [0, 0.1) is 0 Å². The maximum absolute atomic E-state index is 12.9. The lowest BCUT2D eigenvalue weighted by Gasteiger charge is -2.35. The van der Waals surface area contributed by atoms with E-state index in [1.807, 2.05) is 36.1 Å². The summed E-state index contributed by atoms with van der Waals surface area (Å²) in [6.45, 7) is 5.69.